The minimum absolute atomic E-state index is 0.828. The Labute approximate surface area is 124 Å². The molecular formula is C14H14Br2N2+2. The Bertz CT molecular complexity index is 475. The second-order valence-electron chi connectivity index (χ2n) is 3.91. The third kappa shape index (κ3) is 4.03. The van der Waals surface area contributed by atoms with Crippen LogP contribution in [-0.4, -0.2) is 0 Å². The van der Waals surface area contributed by atoms with Gasteiger partial charge in [-0.05, 0) is 31.9 Å². The van der Waals surface area contributed by atoms with Crippen molar-refractivity contribution in [1.82, 2.24) is 0 Å². The first kappa shape index (κ1) is 13.4. The molecule has 0 aromatic carbocycles. The van der Waals surface area contributed by atoms with E-state index in [4.69, 9.17) is 0 Å². The fraction of sp³-hybridized carbons (Fsp3) is 0.143. The first-order valence-electron chi connectivity index (χ1n) is 5.67. The molecule has 0 saturated carbocycles. The van der Waals surface area contributed by atoms with Gasteiger partial charge < -0.3 is 0 Å². The number of rotatable bonds is 4. The van der Waals surface area contributed by atoms with Crippen LogP contribution < -0.4 is 9.13 Å². The van der Waals surface area contributed by atoms with E-state index in [1.54, 1.807) is 0 Å². The molecule has 0 amide bonds. The van der Waals surface area contributed by atoms with E-state index in [1.165, 1.54) is 0 Å². The molecule has 0 fully saturated rings. The Morgan fingerprint density at radius 2 is 0.944 bits per heavy atom. The molecule has 0 unspecified atom stereocenters. The standard InChI is InChI=1S/C14H14Br2N2/c15-13(11-17-7-3-1-4-8-17)14(16)12-18-9-5-2-6-10-18/h1-10H,11-12H2/q+2/b14-13+. The summed E-state index contributed by atoms with van der Waals surface area (Å²) >= 11 is 7.27. The van der Waals surface area contributed by atoms with E-state index < -0.39 is 0 Å². The monoisotopic (exact) mass is 368 g/mol. The minimum Gasteiger partial charge on any atom is -0.200 e. The number of allylic oxidation sites excluding steroid dienone is 2. The molecule has 0 spiro atoms. The van der Waals surface area contributed by atoms with Crippen LogP contribution in [0, 0.1) is 0 Å². The van der Waals surface area contributed by atoms with Crippen molar-refractivity contribution in [2.45, 2.75) is 13.1 Å². The van der Waals surface area contributed by atoms with Crippen molar-refractivity contribution >= 4 is 31.9 Å². The van der Waals surface area contributed by atoms with Crippen LogP contribution in [0.3, 0.4) is 0 Å². The average Bonchev–Trinajstić information content (AvgIpc) is 2.41. The van der Waals surface area contributed by atoms with Crippen LogP contribution in [0.4, 0.5) is 0 Å². The molecule has 2 nitrogen and oxygen atoms in total. The number of hydrogen-bond donors (Lipinski definition) is 0. The largest absolute Gasteiger partial charge is 0.200 e. The van der Waals surface area contributed by atoms with Crippen molar-refractivity contribution in [3.8, 4) is 0 Å². The maximum atomic E-state index is 3.64. The second-order valence-corrected chi connectivity index (χ2v) is 5.82. The topological polar surface area (TPSA) is 7.76 Å². The Morgan fingerprint density at radius 1 is 0.611 bits per heavy atom. The Balaban J connectivity index is 2.06. The molecule has 18 heavy (non-hydrogen) atoms. The van der Waals surface area contributed by atoms with Crippen LogP contribution in [-0.2, 0) is 13.1 Å². The lowest BCUT2D eigenvalue weighted by Crippen LogP contribution is -2.35. The van der Waals surface area contributed by atoms with Crippen LogP contribution in [0.2, 0.25) is 0 Å². The normalized spacial score (nSPS) is 12.1. The molecule has 0 aliphatic carbocycles. The van der Waals surface area contributed by atoms with Crippen LogP contribution in [0.25, 0.3) is 0 Å². The molecule has 2 rings (SSSR count). The highest BCUT2D eigenvalue weighted by atomic mass is 79.9. The molecule has 0 aliphatic rings. The van der Waals surface area contributed by atoms with E-state index in [0.29, 0.717) is 0 Å². The van der Waals surface area contributed by atoms with Crippen molar-refractivity contribution < 1.29 is 9.13 Å². The fourth-order valence-electron chi connectivity index (χ4n) is 1.57. The molecule has 0 bridgehead atoms. The fourth-order valence-corrected chi connectivity index (χ4v) is 2.40. The van der Waals surface area contributed by atoms with E-state index in [2.05, 4.69) is 65.8 Å². The second kappa shape index (κ2) is 6.81. The van der Waals surface area contributed by atoms with Gasteiger partial charge in [-0.1, -0.05) is 12.1 Å². The molecular weight excluding hydrogens is 356 g/mol. The Hall–Kier alpha value is -1.00. The SMILES string of the molecule is Br/C(C[n+]1ccccc1)=C(/Br)C[n+]1ccccc1. The van der Waals surface area contributed by atoms with E-state index in [9.17, 15) is 0 Å². The molecule has 0 saturated heterocycles. The number of aromatic nitrogens is 2. The summed E-state index contributed by atoms with van der Waals surface area (Å²) in [6.45, 7) is 1.66. The van der Waals surface area contributed by atoms with Gasteiger partial charge in [-0.15, -0.1) is 0 Å². The van der Waals surface area contributed by atoms with Gasteiger partial charge in [0, 0.05) is 24.3 Å². The van der Waals surface area contributed by atoms with Gasteiger partial charge in [0.05, 0.1) is 8.96 Å². The van der Waals surface area contributed by atoms with Crippen molar-refractivity contribution in [2.75, 3.05) is 0 Å². The van der Waals surface area contributed by atoms with E-state index >= 15 is 0 Å². The molecule has 0 aliphatic heterocycles. The molecule has 0 atom stereocenters. The first-order valence-corrected chi connectivity index (χ1v) is 7.25. The first-order chi connectivity index (χ1) is 8.75. The van der Waals surface area contributed by atoms with Gasteiger partial charge in [0.25, 0.3) is 0 Å². The quantitative estimate of drug-likeness (QED) is 0.732. The maximum absolute atomic E-state index is 3.64. The summed E-state index contributed by atoms with van der Waals surface area (Å²) in [6.07, 6.45) is 8.21. The van der Waals surface area contributed by atoms with Gasteiger partial charge in [-0.3, -0.25) is 0 Å². The summed E-state index contributed by atoms with van der Waals surface area (Å²) in [5.74, 6) is 0. The molecule has 2 aromatic heterocycles. The van der Waals surface area contributed by atoms with E-state index in [1.807, 2.05) is 36.4 Å². The number of hydrogen-bond acceptors (Lipinski definition) is 0. The average molecular weight is 370 g/mol. The van der Waals surface area contributed by atoms with E-state index in [0.717, 1.165) is 22.1 Å². The number of halogens is 2. The lowest BCUT2D eigenvalue weighted by atomic mass is 10.4. The lowest BCUT2D eigenvalue weighted by molar-refractivity contribution is -0.691. The highest BCUT2D eigenvalue weighted by Crippen LogP contribution is 2.18. The van der Waals surface area contributed by atoms with Crippen molar-refractivity contribution in [2.24, 2.45) is 0 Å². The highest BCUT2D eigenvalue weighted by molar-refractivity contribution is 9.14. The summed E-state index contributed by atoms with van der Waals surface area (Å²) in [5.41, 5.74) is 0. The van der Waals surface area contributed by atoms with Crippen molar-refractivity contribution in [1.29, 1.82) is 0 Å². The predicted molar refractivity (Wildman–Crippen MR) is 78.2 cm³/mol. The number of nitrogens with zero attached hydrogens (tertiary/aromatic N) is 2. The zero-order valence-corrected chi connectivity index (χ0v) is 13.0. The molecule has 92 valence electrons. The van der Waals surface area contributed by atoms with Crippen LogP contribution >= 0.6 is 31.9 Å². The Kier molecular flexibility index (Phi) is 5.08. The van der Waals surface area contributed by atoms with Gasteiger partial charge in [0.2, 0.25) is 0 Å². The van der Waals surface area contributed by atoms with E-state index in [-0.39, 0.29) is 0 Å². The Morgan fingerprint density at radius 3 is 1.28 bits per heavy atom. The predicted octanol–water partition coefficient (Wildman–Crippen LogP) is 2.96. The minimum atomic E-state index is 0.828. The van der Waals surface area contributed by atoms with Gasteiger partial charge in [0.1, 0.15) is 0 Å². The maximum Gasteiger partial charge on any atom is 0.181 e. The molecule has 2 aromatic rings. The van der Waals surface area contributed by atoms with Crippen molar-refractivity contribution in [3.05, 3.63) is 70.2 Å². The zero-order valence-electron chi connectivity index (χ0n) is 9.84. The van der Waals surface area contributed by atoms with Crippen LogP contribution in [0.15, 0.2) is 70.2 Å². The molecule has 0 radical (unpaired) electrons. The summed E-state index contributed by atoms with van der Waals surface area (Å²) < 4.78 is 6.55. The molecule has 4 heteroatoms. The van der Waals surface area contributed by atoms with Gasteiger partial charge >= 0.3 is 0 Å². The summed E-state index contributed by atoms with van der Waals surface area (Å²) in [4.78, 5) is 0. The smallest absolute Gasteiger partial charge is 0.181 e. The summed E-state index contributed by atoms with van der Waals surface area (Å²) in [5, 5.41) is 0. The van der Waals surface area contributed by atoms with Crippen LogP contribution in [0.1, 0.15) is 0 Å². The summed E-state index contributed by atoms with van der Waals surface area (Å²) in [6, 6.07) is 12.1. The van der Waals surface area contributed by atoms with Crippen molar-refractivity contribution in [3.63, 3.8) is 0 Å². The van der Waals surface area contributed by atoms with Gasteiger partial charge in [0.15, 0.2) is 37.9 Å². The summed E-state index contributed by atoms with van der Waals surface area (Å²) in [7, 11) is 0. The van der Waals surface area contributed by atoms with Gasteiger partial charge in [-0.2, -0.15) is 0 Å². The highest BCUT2D eigenvalue weighted by Gasteiger charge is 2.10. The van der Waals surface area contributed by atoms with Crippen LogP contribution in [0.5, 0.6) is 0 Å². The molecule has 2 heterocycles. The third-order valence-corrected chi connectivity index (χ3v) is 4.48. The third-order valence-electron chi connectivity index (χ3n) is 2.49. The van der Waals surface area contributed by atoms with Gasteiger partial charge in [-0.25, -0.2) is 9.13 Å². The molecule has 0 N–H and O–H groups in total. The number of pyridine rings is 2. The lowest BCUT2D eigenvalue weighted by Gasteiger charge is -2.00. The zero-order chi connectivity index (χ0) is 12.8.